The SMILES string of the molecule is CNC(=S)Nc1ccc(OC)c(OC2CCCC2)c1. The highest BCUT2D eigenvalue weighted by Gasteiger charge is 2.18. The Morgan fingerprint density at radius 1 is 1.26 bits per heavy atom. The quantitative estimate of drug-likeness (QED) is 0.830. The van der Waals surface area contributed by atoms with Crippen LogP contribution in [0.2, 0.25) is 0 Å². The first kappa shape index (κ1) is 13.9. The molecule has 0 spiro atoms. The van der Waals surface area contributed by atoms with Gasteiger partial charge in [0.25, 0.3) is 0 Å². The van der Waals surface area contributed by atoms with Crippen molar-refractivity contribution in [1.82, 2.24) is 5.32 Å². The molecule has 1 saturated carbocycles. The molecule has 0 bridgehead atoms. The fourth-order valence-corrected chi connectivity index (χ4v) is 2.34. The van der Waals surface area contributed by atoms with Crippen molar-refractivity contribution >= 4 is 23.0 Å². The van der Waals surface area contributed by atoms with E-state index in [1.54, 1.807) is 14.2 Å². The third-order valence-electron chi connectivity index (χ3n) is 3.24. The van der Waals surface area contributed by atoms with Crippen molar-refractivity contribution in [3.05, 3.63) is 18.2 Å². The van der Waals surface area contributed by atoms with E-state index in [1.807, 2.05) is 18.2 Å². The zero-order valence-electron chi connectivity index (χ0n) is 11.4. The van der Waals surface area contributed by atoms with E-state index in [4.69, 9.17) is 21.7 Å². The molecule has 104 valence electrons. The zero-order chi connectivity index (χ0) is 13.7. The van der Waals surface area contributed by atoms with Crippen molar-refractivity contribution in [2.24, 2.45) is 0 Å². The molecule has 0 unspecified atom stereocenters. The molecule has 0 radical (unpaired) electrons. The number of nitrogens with one attached hydrogen (secondary N) is 2. The lowest BCUT2D eigenvalue weighted by Gasteiger charge is -2.17. The summed E-state index contributed by atoms with van der Waals surface area (Å²) in [5.74, 6) is 1.53. The Morgan fingerprint density at radius 2 is 2.00 bits per heavy atom. The van der Waals surface area contributed by atoms with Crippen LogP contribution in [0.25, 0.3) is 0 Å². The molecule has 19 heavy (non-hydrogen) atoms. The lowest BCUT2D eigenvalue weighted by atomic mass is 10.2. The molecule has 1 aromatic rings. The Labute approximate surface area is 119 Å². The zero-order valence-corrected chi connectivity index (χ0v) is 12.2. The number of anilines is 1. The van der Waals surface area contributed by atoms with Crippen molar-refractivity contribution in [2.45, 2.75) is 31.8 Å². The molecule has 0 aromatic heterocycles. The largest absolute Gasteiger partial charge is 0.493 e. The van der Waals surface area contributed by atoms with Gasteiger partial charge in [0, 0.05) is 18.8 Å². The third kappa shape index (κ3) is 3.73. The van der Waals surface area contributed by atoms with Crippen LogP contribution < -0.4 is 20.1 Å². The molecule has 1 aliphatic rings. The summed E-state index contributed by atoms with van der Waals surface area (Å²) in [6.07, 6.45) is 5.04. The molecule has 2 rings (SSSR count). The number of methoxy groups -OCH3 is 1. The molecule has 1 aromatic carbocycles. The summed E-state index contributed by atoms with van der Waals surface area (Å²) < 4.78 is 11.4. The van der Waals surface area contributed by atoms with Gasteiger partial charge in [-0.1, -0.05) is 0 Å². The maximum atomic E-state index is 6.02. The summed E-state index contributed by atoms with van der Waals surface area (Å²) >= 11 is 5.09. The highest BCUT2D eigenvalue weighted by atomic mass is 32.1. The molecule has 0 atom stereocenters. The van der Waals surface area contributed by atoms with E-state index in [1.165, 1.54) is 12.8 Å². The second-order valence-corrected chi connectivity index (χ2v) is 5.00. The Kier molecular flexibility index (Phi) is 4.85. The molecule has 0 saturated heterocycles. The van der Waals surface area contributed by atoms with E-state index in [0.29, 0.717) is 11.2 Å². The van der Waals surface area contributed by atoms with Crippen molar-refractivity contribution in [1.29, 1.82) is 0 Å². The summed E-state index contributed by atoms with van der Waals surface area (Å²) in [6.45, 7) is 0. The number of hydrogen-bond acceptors (Lipinski definition) is 3. The summed E-state index contributed by atoms with van der Waals surface area (Å²) in [6, 6.07) is 5.75. The number of rotatable bonds is 4. The lowest BCUT2D eigenvalue weighted by molar-refractivity contribution is 0.201. The summed E-state index contributed by atoms with van der Waals surface area (Å²) in [5.41, 5.74) is 0.896. The third-order valence-corrected chi connectivity index (χ3v) is 3.55. The maximum Gasteiger partial charge on any atom is 0.170 e. The second-order valence-electron chi connectivity index (χ2n) is 4.59. The van der Waals surface area contributed by atoms with E-state index in [2.05, 4.69) is 10.6 Å². The number of thiocarbonyl (C=S) groups is 1. The van der Waals surface area contributed by atoms with Crippen molar-refractivity contribution < 1.29 is 9.47 Å². The van der Waals surface area contributed by atoms with Gasteiger partial charge in [-0.15, -0.1) is 0 Å². The number of hydrogen-bond donors (Lipinski definition) is 2. The molecule has 1 aliphatic carbocycles. The minimum atomic E-state index is 0.306. The lowest BCUT2D eigenvalue weighted by Crippen LogP contribution is -2.24. The summed E-state index contributed by atoms with van der Waals surface area (Å²) in [7, 11) is 3.44. The Balaban J connectivity index is 2.13. The minimum Gasteiger partial charge on any atom is -0.493 e. The maximum absolute atomic E-state index is 6.02. The average molecular weight is 280 g/mol. The van der Waals surface area contributed by atoms with Gasteiger partial charge in [0.1, 0.15) is 0 Å². The predicted molar refractivity (Wildman–Crippen MR) is 81.2 cm³/mol. The van der Waals surface area contributed by atoms with Crippen LogP contribution in [0.3, 0.4) is 0 Å². The Bertz CT molecular complexity index is 445. The van der Waals surface area contributed by atoms with E-state index in [9.17, 15) is 0 Å². The van der Waals surface area contributed by atoms with Gasteiger partial charge in [-0.05, 0) is 50.0 Å². The minimum absolute atomic E-state index is 0.306. The van der Waals surface area contributed by atoms with Crippen LogP contribution in [0.1, 0.15) is 25.7 Å². The van der Waals surface area contributed by atoms with Crippen molar-refractivity contribution in [3.63, 3.8) is 0 Å². The second kappa shape index (κ2) is 6.61. The molecule has 0 aliphatic heterocycles. The fourth-order valence-electron chi connectivity index (χ4n) is 2.23. The predicted octanol–water partition coefficient (Wildman–Crippen LogP) is 2.93. The van der Waals surface area contributed by atoms with Crippen LogP contribution in [0, 0.1) is 0 Å². The van der Waals surface area contributed by atoms with E-state index >= 15 is 0 Å². The standard InChI is InChI=1S/C14H20N2O2S/c1-15-14(19)16-10-7-8-12(17-2)13(9-10)18-11-5-3-4-6-11/h7-9,11H,3-6H2,1-2H3,(H2,15,16,19). The molecular formula is C14H20N2O2S. The first-order valence-corrected chi connectivity index (χ1v) is 6.97. The van der Waals surface area contributed by atoms with Crippen molar-refractivity contribution in [2.75, 3.05) is 19.5 Å². The summed E-state index contributed by atoms with van der Waals surface area (Å²) in [5, 5.41) is 6.56. The first-order valence-electron chi connectivity index (χ1n) is 6.56. The summed E-state index contributed by atoms with van der Waals surface area (Å²) in [4.78, 5) is 0. The van der Waals surface area contributed by atoms with Crippen LogP contribution >= 0.6 is 12.2 Å². The van der Waals surface area contributed by atoms with Gasteiger partial charge in [0.15, 0.2) is 16.6 Å². The van der Waals surface area contributed by atoms with Crippen LogP contribution in [-0.4, -0.2) is 25.4 Å². The topological polar surface area (TPSA) is 42.5 Å². The van der Waals surface area contributed by atoms with Gasteiger partial charge in [-0.25, -0.2) is 0 Å². The molecule has 0 heterocycles. The van der Waals surface area contributed by atoms with Gasteiger partial charge in [-0.2, -0.15) is 0 Å². The highest BCUT2D eigenvalue weighted by molar-refractivity contribution is 7.80. The van der Waals surface area contributed by atoms with Crippen molar-refractivity contribution in [3.8, 4) is 11.5 Å². The van der Waals surface area contributed by atoms with Gasteiger partial charge < -0.3 is 20.1 Å². The van der Waals surface area contributed by atoms with Crippen LogP contribution in [0.15, 0.2) is 18.2 Å². The number of ether oxygens (including phenoxy) is 2. The monoisotopic (exact) mass is 280 g/mol. The Morgan fingerprint density at radius 3 is 2.63 bits per heavy atom. The molecule has 5 heteroatoms. The first-order chi connectivity index (χ1) is 9.22. The number of benzene rings is 1. The van der Waals surface area contributed by atoms with Gasteiger partial charge >= 0.3 is 0 Å². The molecule has 2 N–H and O–H groups in total. The smallest absolute Gasteiger partial charge is 0.170 e. The van der Waals surface area contributed by atoms with E-state index in [-0.39, 0.29) is 0 Å². The van der Waals surface area contributed by atoms with Crippen LogP contribution in [-0.2, 0) is 0 Å². The normalized spacial score (nSPS) is 15.1. The highest BCUT2D eigenvalue weighted by Crippen LogP contribution is 2.33. The molecular weight excluding hydrogens is 260 g/mol. The molecule has 4 nitrogen and oxygen atoms in total. The van der Waals surface area contributed by atoms with E-state index in [0.717, 1.165) is 30.0 Å². The fraction of sp³-hybridized carbons (Fsp3) is 0.500. The van der Waals surface area contributed by atoms with Crippen LogP contribution in [0.4, 0.5) is 5.69 Å². The van der Waals surface area contributed by atoms with Crippen LogP contribution in [0.5, 0.6) is 11.5 Å². The van der Waals surface area contributed by atoms with Gasteiger partial charge in [0.2, 0.25) is 0 Å². The average Bonchev–Trinajstić information content (AvgIpc) is 2.92. The Hall–Kier alpha value is -1.49. The van der Waals surface area contributed by atoms with Gasteiger partial charge in [-0.3, -0.25) is 0 Å². The molecule has 0 amide bonds. The van der Waals surface area contributed by atoms with Gasteiger partial charge in [0.05, 0.1) is 13.2 Å². The molecule has 1 fully saturated rings. The van der Waals surface area contributed by atoms with E-state index < -0.39 is 0 Å².